The zero-order valence-electron chi connectivity index (χ0n) is 24.8. The van der Waals surface area contributed by atoms with Crippen molar-refractivity contribution in [3.8, 4) is 0 Å². The lowest BCUT2D eigenvalue weighted by Gasteiger charge is -2.41. The summed E-state index contributed by atoms with van der Waals surface area (Å²) in [5, 5.41) is 1.04. The van der Waals surface area contributed by atoms with Crippen LogP contribution in [0.15, 0.2) is 42.5 Å². The first kappa shape index (κ1) is 33.5. The molecule has 0 amide bonds. The molecule has 2 aliphatic rings. The molecule has 2 aromatic carbocycles. The molecule has 0 heterocycles. The number of rotatable bonds is 7. The van der Waals surface area contributed by atoms with Crippen molar-refractivity contribution in [1.29, 1.82) is 0 Å². The van der Waals surface area contributed by atoms with Crippen molar-refractivity contribution in [3.63, 3.8) is 0 Å². The molecule has 0 radical (unpaired) electrons. The number of halogens is 6. The number of benzene rings is 2. The van der Waals surface area contributed by atoms with Gasteiger partial charge in [-0.3, -0.25) is 0 Å². The molecule has 0 saturated heterocycles. The normalized spacial score (nSPS) is 19.8. The largest absolute Gasteiger partial charge is 0.416 e. The van der Waals surface area contributed by atoms with Crippen LogP contribution in [0, 0.1) is 0 Å². The minimum atomic E-state index is -4.97. The van der Waals surface area contributed by atoms with Crippen LogP contribution in [0.5, 0.6) is 0 Å². The van der Waals surface area contributed by atoms with Gasteiger partial charge in [0.2, 0.25) is 0 Å². The highest BCUT2D eigenvalue weighted by molar-refractivity contribution is 7.84. The Morgan fingerprint density at radius 1 is 0.762 bits per heavy atom. The molecule has 0 aliphatic heterocycles. The first-order chi connectivity index (χ1) is 19.6. The van der Waals surface area contributed by atoms with Crippen LogP contribution in [0.1, 0.15) is 113 Å². The van der Waals surface area contributed by atoms with Crippen LogP contribution in [0.2, 0.25) is 0 Å². The Labute approximate surface area is 250 Å². The van der Waals surface area contributed by atoms with Crippen LogP contribution >= 0.6 is 7.92 Å². The van der Waals surface area contributed by atoms with Crippen molar-refractivity contribution in [2.24, 2.45) is 0 Å². The molecule has 4 rings (SSSR count). The van der Waals surface area contributed by atoms with Crippen molar-refractivity contribution in [3.05, 3.63) is 64.7 Å². The third kappa shape index (κ3) is 7.79. The summed E-state index contributed by atoms with van der Waals surface area (Å²) in [7, 11) is -0.905. The molecule has 2 atom stereocenters. The highest BCUT2D eigenvalue weighted by Gasteiger charge is 2.41. The number of alkyl halides is 6. The minimum absolute atomic E-state index is 0.146. The molecule has 2 aliphatic carbocycles. The monoisotopic (exact) mass is 633 g/mol. The second-order valence-corrected chi connectivity index (χ2v) is 17.8. The Morgan fingerprint density at radius 2 is 1.21 bits per heavy atom. The molecule has 2 nitrogen and oxygen atoms in total. The third-order valence-corrected chi connectivity index (χ3v) is 13.9. The molecule has 0 N–H and O–H groups in total. The van der Waals surface area contributed by atoms with E-state index in [1.54, 1.807) is 33.9 Å². The van der Waals surface area contributed by atoms with E-state index in [1.165, 1.54) is 17.1 Å². The molecule has 2 saturated carbocycles. The first-order valence-corrected chi connectivity index (χ1v) is 17.5. The van der Waals surface area contributed by atoms with Gasteiger partial charge in [0.25, 0.3) is 0 Å². The van der Waals surface area contributed by atoms with Crippen molar-refractivity contribution in [2.75, 3.05) is 7.05 Å². The summed E-state index contributed by atoms with van der Waals surface area (Å²) in [4.78, 5) is 0. The van der Waals surface area contributed by atoms with Crippen molar-refractivity contribution >= 4 is 24.2 Å². The van der Waals surface area contributed by atoms with E-state index in [4.69, 9.17) is 0 Å². The Kier molecular flexibility index (Phi) is 10.6. The molecule has 234 valence electrons. The Morgan fingerprint density at radius 3 is 1.64 bits per heavy atom. The smallest absolute Gasteiger partial charge is 0.242 e. The summed E-state index contributed by atoms with van der Waals surface area (Å²) < 4.78 is 98.5. The van der Waals surface area contributed by atoms with E-state index in [1.807, 2.05) is 18.2 Å². The lowest BCUT2D eigenvalue weighted by Crippen LogP contribution is -2.40. The van der Waals surface area contributed by atoms with Crippen molar-refractivity contribution in [1.82, 2.24) is 4.31 Å². The van der Waals surface area contributed by atoms with E-state index in [0.29, 0.717) is 16.9 Å². The van der Waals surface area contributed by atoms with Gasteiger partial charge in [-0.25, -0.2) is 8.51 Å². The Balaban J connectivity index is 1.97. The van der Waals surface area contributed by atoms with Crippen molar-refractivity contribution in [2.45, 2.75) is 119 Å². The van der Waals surface area contributed by atoms with Crippen LogP contribution < -0.4 is 5.30 Å². The summed E-state index contributed by atoms with van der Waals surface area (Å²) >= 11 is 0. The van der Waals surface area contributed by atoms with Crippen LogP contribution in [0.3, 0.4) is 0 Å². The molecule has 0 bridgehead atoms. The van der Waals surface area contributed by atoms with Gasteiger partial charge in [-0.15, -0.1) is 0 Å². The fraction of sp³-hybridized carbons (Fsp3) is 0.625. The topological polar surface area (TPSA) is 20.3 Å². The highest BCUT2D eigenvalue weighted by atomic mass is 32.2. The summed E-state index contributed by atoms with van der Waals surface area (Å²) in [6.45, 7) is 5.27. The molecule has 0 spiro atoms. The summed E-state index contributed by atoms with van der Waals surface area (Å²) in [6.07, 6.45) is 1.34. The first-order valence-electron chi connectivity index (χ1n) is 14.9. The van der Waals surface area contributed by atoms with Gasteiger partial charge >= 0.3 is 12.4 Å². The molecule has 10 heteroatoms. The highest BCUT2D eigenvalue weighted by Crippen LogP contribution is 2.56. The molecular formula is C32H42F6NOPS. The SMILES string of the molecule is CN([C@H](c1cc(C(F)(F)F)cc(C(F)(F)F)c1)c1ccccc1P(C1CCCCC1)C1CCCCC1)[S@](=O)C(C)(C)C. The maximum Gasteiger partial charge on any atom is 0.416 e. The fourth-order valence-corrected chi connectivity index (χ4v) is 11.9. The van der Waals surface area contributed by atoms with Gasteiger partial charge in [-0.1, -0.05) is 70.7 Å². The maximum absolute atomic E-state index is 14.0. The average Bonchev–Trinajstić information content (AvgIpc) is 2.93. The number of hydrogen-bond donors (Lipinski definition) is 0. The predicted octanol–water partition coefficient (Wildman–Crippen LogP) is 9.98. The predicted molar refractivity (Wildman–Crippen MR) is 161 cm³/mol. The van der Waals surface area contributed by atoms with Gasteiger partial charge < -0.3 is 0 Å². The van der Waals surface area contributed by atoms with E-state index < -0.39 is 53.2 Å². The van der Waals surface area contributed by atoms with E-state index in [0.717, 1.165) is 68.8 Å². The Bertz CT molecular complexity index is 1180. The molecular weight excluding hydrogens is 591 g/mol. The zero-order chi connectivity index (χ0) is 30.9. The minimum Gasteiger partial charge on any atom is -0.242 e. The van der Waals surface area contributed by atoms with E-state index in [9.17, 15) is 30.6 Å². The van der Waals surface area contributed by atoms with Crippen LogP contribution in [0.25, 0.3) is 0 Å². The van der Waals surface area contributed by atoms with Crippen LogP contribution in [-0.2, 0) is 23.3 Å². The van der Waals surface area contributed by atoms with Crippen LogP contribution in [0.4, 0.5) is 26.3 Å². The summed E-state index contributed by atoms with van der Waals surface area (Å²) in [5.41, 5.74) is -1.26. The second kappa shape index (κ2) is 13.3. The standard InChI is InChI=1S/C32H42F6NOPS/c1-30(2,3)42(40)39(4)29(22-19-23(31(33,34)35)21-24(20-22)32(36,37)38)27-17-11-12-18-28(27)41(25-13-7-5-8-14-25)26-15-9-6-10-16-26/h11-12,17-21,25-26,29H,5-10,13-16H2,1-4H3/t29-,42-/m1/s1. The zero-order valence-corrected chi connectivity index (χ0v) is 26.5. The second-order valence-electron chi connectivity index (χ2n) is 12.7. The molecule has 42 heavy (non-hydrogen) atoms. The van der Waals surface area contributed by atoms with E-state index in [-0.39, 0.29) is 11.6 Å². The fourth-order valence-electron chi connectivity index (χ4n) is 6.61. The maximum atomic E-state index is 14.0. The average molecular weight is 634 g/mol. The number of hydrogen-bond acceptors (Lipinski definition) is 1. The van der Waals surface area contributed by atoms with Gasteiger partial charge in [0.05, 0.1) is 21.9 Å². The summed E-state index contributed by atoms with van der Waals surface area (Å²) in [6, 6.07) is 8.37. The quantitative estimate of drug-likeness (QED) is 0.220. The lowest BCUT2D eigenvalue weighted by molar-refractivity contribution is -0.143. The molecule has 2 aromatic rings. The molecule has 0 unspecified atom stereocenters. The number of nitrogens with zero attached hydrogens (tertiary/aromatic N) is 1. The summed E-state index contributed by atoms with van der Waals surface area (Å²) in [5.74, 6) is 0. The van der Waals surface area contributed by atoms with Crippen molar-refractivity contribution < 1.29 is 30.6 Å². The Hall–Kier alpha value is -1.44. The van der Waals surface area contributed by atoms with Gasteiger partial charge in [0.1, 0.15) is 11.0 Å². The lowest BCUT2D eigenvalue weighted by atomic mass is 9.94. The van der Waals surface area contributed by atoms with E-state index >= 15 is 0 Å². The van der Waals surface area contributed by atoms with Gasteiger partial charge in [-0.05, 0) is 92.4 Å². The van der Waals surface area contributed by atoms with Gasteiger partial charge in [-0.2, -0.15) is 26.3 Å². The molecule has 2 fully saturated rings. The van der Waals surface area contributed by atoms with Gasteiger partial charge in [0, 0.05) is 7.05 Å². The van der Waals surface area contributed by atoms with E-state index in [2.05, 4.69) is 0 Å². The molecule has 0 aromatic heterocycles. The van der Waals surface area contributed by atoms with Gasteiger partial charge in [0.15, 0.2) is 0 Å². The third-order valence-electron chi connectivity index (χ3n) is 8.52. The van der Waals surface area contributed by atoms with Crippen LogP contribution in [-0.4, -0.2) is 31.6 Å².